The molecule has 10 heteroatoms. The second-order valence-electron chi connectivity index (χ2n) is 7.29. The van der Waals surface area contributed by atoms with Crippen LogP contribution in [0.5, 0.6) is 0 Å². The van der Waals surface area contributed by atoms with Crippen LogP contribution in [0.3, 0.4) is 0 Å². The number of carbonyl (C=O) groups excluding carboxylic acids is 1. The fraction of sp³-hybridized carbons (Fsp3) is 0.286. The van der Waals surface area contributed by atoms with Crippen molar-refractivity contribution < 1.29 is 18.6 Å². The smallest absolute Gasteiger partial charge is 0.293 e. The van der Waals surface area contributed by atoms with E-state index < -0.39 is 4.92 Å². The molecule has 1 amide bonds. The summed E-state index contributed by atoms with van der Waals surface area (Å²) < 4.78 is 18.6. The van der Waals surface area contributed by atoms with Crippen LogP contribution in [0.4, 0.5) is 15.8 Å². The zero-order valence-electron chi connectivity index (χ0n) is 16.7. The second-order valence-corrected chi connectivity index (χ2v) is 7.29. The maximum Gasteiger partial charge on any atom is 0.293 e. The number of halogens is 1. The Balaban J connectivity index is 1.57. The lowest BCUT2D eigenvalue weighted by Gasteiger charge is -2.32. The molecule has 0 saturated carbocycles. The van der Waals surface area contributed by atoms with E-state index in [0.717, 1.165) is 12.8 Å². The Morgan fingerprint density at radius 1 is 1.29 bits per heavy atom. The number of nitro benzene ring substituents is 1. The Kier molecular flexibility index (Phi) is 5.61. The number of carbonyl (C=O) groups is 1. The van der Waals surface area contributed by atoms with Gasteiger partial charge >= 0.3 is 0 Å². The average molecular weight is 425 g/mol. The zero-order valence-corrected chi connectivity index (χ0v) is 16.7. The van der Waals surface area contributed by atoms with Crippen LogP contribution in [0.2, 0.25) is 0 Å². The Bertz CT molecular complexity index is 1120. The number of rotatable bonds is 5. The first-order valence-corrected chi connectivity index (χ1v) is 9.81. The van der Waals surface area contributed by atoms with Crippen LogP contribution < -0.4 is 10.2 Å². The van der Waals surface area contributed by atoms with Gasteiger partial charge in [-0.1, -0.05) is 5.16 Å². The molecule has 4 rings (SSSR count). The molecule has 0 aliphatic carbocycles. The van der Waals surface area contributed by atoms with Gasteiger partial charge in [-0.15, -0.1) is 0 Å². The first-order chi connectivity index (χ1) is 15.0. The molecule has 1 saturated heterocycles. The molecule has 2 aromatic carbocycles. The normalized spacial score (nSPS) is 16.2. The number of nitrogens with one attached hydrogen (secondary N) is 1. The van der Waals surface area contributed by atoms with E-state index in [1.165, 1.54) is 25.2 Å². The van der Waals surface area contributed by atoms with E-state index in [2.05, 4.69) is 15.5 Å². The van der Waals surface area contributed by atoms with E-state index in [4.69, 9.17) is 4.52 Å². The number of hydrogen-bond acceptors (Lipinski definition) is 7. The van der Waals surface area contributed by atoms with Gasteiger partial charge in [0.15, 0.2) is 0 Å². The number of anilines is 1. The summed E-state index contributed by atoms with van der Waals surface area (Å²) >= 11 is 0. The van der Waals surface area contributed by atoms with Crippen LogP contribution in [0.1, 0.15) is 35.0 Å². The number of hydrogen-bond donors (Lipinski definition) is 1. The van der Waals surface area contributed by atoms with Gasteiger partial charge in [0, 0.05) is 37.3 Å². The molecule has 3 aromatic rings. The summed E-state index contributed by atoms with van der Waals surface area (Å²) in [4.78, 5) is 29.4. The van der Waals surface area contributed by atoms with Crippen LogP contribution >= 0.6 is 0 Å². The maximum absolute atomic E-state index is 13.1. The van der Waals surface area contributed by atoms with Crippen molar-refractivity contribution >= 4 is 17.3 Å². The van der Waals surface area contributed by atoms with E-state index in [1.54, 1.807) is 24.3 Å². The minimum Gasteiger partial charge on any atom is -0.365 e. The monoisotopic (exact) mass is 425 g/mol. The SMILES string of the molecule is CNC(=O)c1ccc(N2CCCC(c3nc(-c4ccc(F)cc4)no3)C2)c([N+](=O)[O-])c1. The van der Waals surface area contributed by atoms with Gasteiger partial charge in [0.1, 0.15) is 11.5 Å². The Hall–Kier alpha value is -3.82. The molecule has 0 spiro atoms. The van der Waals surface area contributed by atoms with Crippen LogP contribution in [0.25, 0.3) is 11.4 Å². The van der Waals surface area contributed by atoms with E-state index in [9.17, 15) is 19.3 Å². The first kappa shape index (κ1) is 20.5. The molecule has 1 aliphatic rings. The minimum atomic E-state index is -0.481. The molecule has 9 nitrogen and oxygen atoms in total. The minimum absolute atomic E-state index is 0.103. The second kappa shape index (κ2) is 8.50. The summed E-state index contributed by atoms with van der Waals surface area (Å²) in [5.41, 5.74) is 1.19. The summed E-state index contributed by atoms with van der Waals surface area (Å²) in [6.45, 7) is 1.10. The molecular formula is C21H20FN5O4. The predicted molar refractivity (Wildman–Crippen MR) is 110 cm³/mol. The largest absolute Gasteiger partial charge is 0.365 e. The number of nitrogens with zero attached hydrogens (tertiary/aromatic N) is 4. The summed E-state index contributed by atoms with van der Waals surface area (Å²) in [6.07, 6.45) is 1.58. The van der Waals surface area contributed by atoms with E-state index >= 15 is 0 Å². The van der Waals surface area contributed by atoms with Gasteiger partial charge in [-0.05, 0) is 49.2 Å². The first-order valence-electron chi connectivity index (χ1n) is 9.81. The number of aromatic nitrogens is 2. The van der Waals surface area contributed by atoms with Crippen molar-refractivity contribution in [2.45, 2.75) is 18.8 Å². The molecule has 1 unspecified atom stereocenters. The predicted octanol–water partition coefficient (Wildman–Crippen LogP) is 3.53. The van der Waals surface area contributed by atoms with Crippen molar-refractivity contribution in [1.29, 1.82) is 0 Å². The molecule has 0 bridgehead atoms. The van der Waals surface area contributed by atoms with Gasteiger partial charge in [-0.25, -0.2) is 4.39 Å². The summed E-state index contributed by atoms with van der Waals surface area (Å²) in [7, 11) is 1.47. The Labute approximate surface area is 177 Å². The summed E-state index contributed by atoms with van der Waals surface area (Å²) in [5, 5.41) is 18.1. The fourth-order valence-corrected chi connectivity index (χ4v) is 3.74. The number of nitro groups is 1. The molecular weight excluding hydrogens is 405 g/mol. The van der Waals surface area contributed by atoms with Gasteiger partial charge in [-0.2, -0.15) is 4.98 Å². The fourth-order valence-electron chi connectivity index (χ4n) is 3.74. The van der Waals surface area contributed by atoms with Crippen molar-refractivity contribution in [2.75, 3.05) is 25.0 Å². The molecule has 1 atom stereocenters. The Morgan fingerprint density at radius 2 is 2.06 bits per heavy atom. The molecule has 160 valence electrons. The number of benzene rings is 2. The maximum atomic E-state index is 13.1. The molecule has 1 aliphatic heterocycles. The van der Waals surface area contributed by atoms with Crippen molar-refractivity contribution in [3.63, 3.8) is 0 Å². The van der Waals surface area contributed by atoms with Gasteiger partial charge in [0.05, 0.1) is 10.8 Å². The summed E-state index contributed by atoms with van der Waals surface area (Å²) in [6, 6.07) is 10.3. The van der Waals surface area contributed by atoms with E-state index in [1.807, 2.05) is 4.90 Å². The van der Waals surface area contributed by atoms with Crippen LogP contribution in [0.15, 0.2) is 47.0 Å². The highest BCUT2D eigenvalue weighted by Crippen LogP contribution is 2.35. The highest BCUT2D eigenvalue weighted by Gasteiger charge is 2.30. The van der Waals surface area contributed by atoms with Crippen molar-refractivity contribution in [1.82, 2.24) is 15.5 Å². The third kappa shape index (κ3) is 4.23. The third-order valence-electron chi connectivity index (χ3n) is 5.32. The van der Waals surface area contributed by atoms with Gasteiger partial charge in [-0.3, -0.25) is 14.9 Å². The summed E-state index contributed by atoms with van der Waals surface area (Å²) in [5.74, 6) is -0.0276. The molecule has 1 fully saturated rings. The van der Waals surface area contributed by atoms with Crippen molar-refractivity contribution in [3.05, 3.63) is 69.9 Å². The molecule has 1 aromatic heterocycles. The highest BCUT2D eigenvalue weighted by atomic mass is 19.1. The molecule has 0 radical (unpaired) electrons. The zero-order chi connectivity index (χ0) is 22.0. The quantitative estimate of drug-likeness (QED) is 0.491. The number of amides is 1. The lowest BCUT2D eigenvalue weighted by Crippen LogP contribution is -2.35. The van der Waals surface area contributed by atoms with Crippen LogP contribution in [0, 0.1) is 15.9 Å². The van der Waals surface area contributed by atoms with Crippen LogP contribution in [-0.4, -0.2) is 41.1 Å². The van der Waals surface area contributed by atoms with Crippen LogP contribution in [-0.2, 0) is 0 Å². The van der Waals surface area contributed by atoms with Crippen molar-refractivity contribution in [3.8, 4) is 11.4 Å². The molecule has 2 heterocycles. The third-order valence-corrected chi connectivity index (χ3v) is 5.32. The molecule has 1 N–H and O–H groups in total. The molecule has 31 heavy (non-hydrogen) atoms. The highest BCUT2D eigenvalue weighted by molar-refractivity contribution is 5.95. The standard InChI is InChI=1S/C21H20FN5O4/c1-23-20(28)14-6-9-17(18(11-14)27(29)30)26-10-2-3-15(12-26)21-24-19(25-31-21)13-4-7-16(22)8-5-13/h4-9,11,15H,2-3,10,12H2,1H3,(H,23,28). The average Bonchev–Trinajstić information content (AvgIpc) is 3.29. The van der Waals surface area contributed by atoms with E-state index in [-0.39, 0.29) is 28.9 Å². The van der Waals surface area contributed by atoms with Gasteiger partial charge < -0.3 is 14.7 Å². The van der Waals surface area contributed by atoms with Gasteiger partial charge in [0.2, 0.25) is 11.7 Å². The topological polar surface area (TPSA) is 114 Å². The Morgan fingerprint density at radius 3 is 2.77 bits per heavy atom. The van der Waals surface area contributed by atoms with Crippen molar-refractivity contribution in [2.24, 2.45) is 0 Å². The van der Waals surface area contributed by atoms with Gasteiger partial charge in [0.25, 0.3) is 11.6 Å². The van der Waals surface area contributed by atoms with E-state index in [0.29, 0.717) is 36.1 Å². The number of piperidine rings is 1. The lowest BCUT2D eigenvalue weighted by molar-refractivity contribution is -0.384. The lowest BCUT2D eigenvalue weighted by atomic mass is 9.97.